The van der Waals surface area contributed by atoms with Crippen LogP contribution >= 0.6 is 11.3 Å². The molecule has 36 heavy (non-hydrogen) atoms. The number of hydrogen-bond donors (Lipinski definition) is 0. The number of rotatable bonds is 8. The van der Waals surface area contributed by atoms with E-state index in [2.05, 4.69) is 13.0 Å². The minimum absolute atomic E-state index is 0.0395. The van der Waals surface area contributed by atoms with E-state index >= 15 is 0 Å². The molecule has 1 fully saturated rings. The Balaban J connectivity index is 1.61. The van der Waals surface area contributed by atoms with Gasteiger partial charge in [-0.15, -0.1) is 0 Å². The lowest BCUT2D eigenvalue weighted by Gasteiger charge is -2.30. The summed E-state index contributed by atoms with van der Waals surface area (Å²) >= 11 is 1.52. The minimum Gasteiger partial charge on any atom is -0.308 e. The molecule has 1 aromatic heterocycles. The highest BCUT2D eigenvalue weighted by Crippen LogP contribution is 2.33. The zero-order valence-electron chi connectivity index (χ0n) is 21.8. The molecule has 1 aliphatic carbocycles. The van der Waals surface area contributed by atoms with Gasteiger partial charge in [-0.2, -0.15) is 4.31 Å². The van der Waals surface area contributed by atoms with Gasteiger partial charge >= 0.3 is 0 Å². The van der Waals surface area contributed by atoms with Crippen LogP contribution in [0.15, 0.2) is 41.3 Å². The summed E-state index contributed by atoms with van der Waals surface area (Å²) in [7, 11) is 2.00. The van der Waals surface area contributed by atoms with Crippen LogP contribution in [0, 0.1) is 13.8 Å². The minimum atomic E-state index is -3.61. The van der Waals surface area contributed by atoms with Gasteiger partial charge in [0, 0.05) is 31.7 Å². The van der Waals surface area contributed by atoms with Gasteiger partial charge in [-0.3, -0.25) is 9.69 Å². The summed E-state index contributed by atoms with van der Waals surface area (Å²) in [6.07, 6.45) is 5.08. The highest BCUT2D eigenvalue weighted by Gasteiger charge is 2.29. The number of benzene rings is 2. The maximum atomic E-state index is 13.6. The van der Waals surface area contributed by atoms with E-state index in [1.807, 2.05) is 32.0 Å². The average Bonchev–Trinajstić information content (AvgIpc) is 3.28. The fourth-order valence-corrected chi connectivity index (χ4v) is 7.25. The molecule has 1 saturated carbocycles. The smallest absolute Gasteiger partial charge is 0.260 e. The Bertz CT molecular complexity index is 1330. The number of likely N-dealkylation sites (N-methyl/N-ethyl adjacent to an activating group) is 1. The molecule has 1 amide bonds. The van der Waals surface area contributed by atoms with E-state index in [9.17, 15) is 13.2 Å². The van der Waals surface area contributed by atoms with Crippen LogP contribution in [0.1, 0.15) is 53.6 Å². The molecule has 0 bridgehead atoms. The van der Waals surface area contributed by atoms with E-state index < -0.39 is 10.0 Å². The van der Waals surface area contributed by atoms with E-state index in [0.29, 0.717) is 23.8 Å². The van der Waals surface area contributed by atoms with Crippen LogP contribution in [0.25, 0.3) is 10.2 Å². The molecule has 7 nitrogen and oxygen atoms in total. The van der Waals surface area contributed by atoms with Gasteiger partial charge < -0.3 is 4.90 Å². The Labute approximate surface area is 218 Å². The maximum Gasteiger partial charge on any atom is 0.260 e. The number of fused-ring (bicyclic) bond motifs is 1. The molecule has 0 atom stereocenters. The molecule has 2 aromatic carbocycles. The molecule has 0 radical (unpaired) electrons. The molecular weight excluding hydrogens is 492 g/mol. The quantitative estimate of drug-likeness (QED) is 0.408. The second kappa shape index (κ2) is 11.0. The summed E-state index contributed by atoms with van der Waals surface area (Å²) < 4.78 is 29.0. The van der Waals surface area contributed by atoms with Gasteiger partial charge in [0.2, 0.25) is 10.0 Å². The standard InChI is InChI=1S/C27H36N4O3S2/c1-19-17-20(2)25-24(18-19)28-27(35-25)31(16-15-29(3)4)26(32)21-11-13-23(14-12-21)36(33,34)30(5)22-9-7-6-8-10-22/h11-14,17-18,22H,6-10,15-16H2,1-5H3. The summed E-state index contributed by atoms with van der Waals surface area (Å²) in [5.74, 6) is -0.185. The van der Waals surface area contributed by atoms with Crippen molar-refractivity contribution in [2.24, 2.45) is 0 Å². The number of carbonyl (C=O) groups is 1. The Morgan fingerprint density at radius 1 is 1.00 bits per heavy atom. The number of thiazole rings is 1. The van der Waals surface area contributed by atoms with Gasteiger partial charge in [0.25, 0.3) is 5.91 Å². The van der Waals surface area contributed by atoms with E-state index in [0.717, 1.165) is 47.0 Å². The highest BCUT2D eigenvalue weighted by atomic mass is 32.2. The molecule has 194 valence electrons. The zero-order chi connectivity index (χ0) is 26.0. The van der Waals surface area contributed by atoms with Crippen molar-refractivity contribution in [1.29, 1.82) is 0 Å². The lowest BCUT2D eigenvalue weighted by atomic mass is 9.96. The molecule has 9 heteroatoms. The molecule has 0 saturated heterocycles. The van der Waals surface area contributed by atoms with Crippen LogP contribution in [0.2, 0.25) is 0 Å². The third-order valence-corrected chi connectivity index (χ3v) is 10.1. The van der Waals surface area contributed by atoms with Crippen molar-refractivity contribution in [3.05, 3.63) is 53.1 Å². The summed E-state index contributed by atoms with van der Waals surface area (Å²) in [6, 6.07) is 10.6. The van der Waals surface area contributed by atoms with Crippen LogP contribution in [0.4, 0.5) is 5.13 Å². The second-order valence-electron chi connectivity index (χ2n) is 10.0. The first-order valence-electron chi connectivity index (χ1n) is 12.5. The predicted molar refractivity (Wildman–Crippen MR) is 148 cm³/mol. The SMILES string of the molecule is Cc1cc(C)c2sc(N(CCN(C)C)C(=O)c3ccc(S(=O)(=O)N(C)C4CCCCC4)cc3)nc2c1. The Kier molecular flexibility index (Phi) is 8.14. The maximum absolute atomic E-state index is 13.6. The lowest BCUT2D eigenvalue weighted by Crippen LogP contribution is -2.38. The molecule has 0 unspecified atom stereocenters. The number of aromatic nitrogens is 1. The zero-order valence-corrected chi connectivity index (χ0v) is 23.5. The van der Waals surface area contributed by atoms with E-state index in [-0.39, 0.29) is 16.8 Å². The fourth-order valence-electron chi connectivity index (χ4n) is 4.80. The van der Waals surface area contributed by atoms with Gasteiger partial charge in [-0.05, 0) is 82.2 Å². The average molecular weight is 529 g/mol. The van der Waals surface area contributed by atoms with Crippen molar-refractivity contribution in [3.63, 3.8) is 0 Å². The van der Waals surface area contributed by atoms with Crippen molar-refractivity contribution in [1.82, 2.24) is 14.2 Å². The van der Waals surface area contributed by atoms with Crippen LogP contribution in [0.5, 0.6) is 0 Å². The second-order valence-corrected chi connectivity index (χ2v) is 13.0. The normalized spacial score (nSPS) is 15.2. The van der Waals surface area contributed by atoms with Crippen LogP contribution in [-0.4, -0.2) is 68.8 Å². The Morgan fingerprint density at radius 3 is 2.31 bits per heavy atom. The molecule has 0 N–H and O–H groups in total. The number of nitrogens with zero attached hydrogens (tertiary/aromatic N) is 4. The number of amides is 1. The van der Waals surface area contributed by atoms with Crippen molar-refractivity contribution < 1.29 is 13.2 Å². The Morgan fingerprint density at radius 2 is 1.67 bits per heavy atom. The van der Waals surface area contributed by atoms with Gasteiger partial charge in [-0.1, -0.05) is 36.7 Å². The third-order valence-electron chi connectivity index (χ3n) is 6.92. The predicted octanol–water partition coefficient (Wildman–Crippen LogP) is 5.07. The summed E-state index contributed by atoms with van der Waals surface area (Å²) in [5, 5.41) is 0.652. The lowest BCUT2D eigenvalue weighted by molar-refractivity contribution is 0.0985. The van der Waals surface area contributed by atoms with Gasteiger partial charge in [0.1, 0.15) is 0 Å². The van der Waals surface area contributed by atoms with Crippen LogP contribution in [0.3, 0.4) is 0 Å². The summed E-state index contributed by atoms with van der Waals surface area (Å²) in [5.41, 5.74) is 3.62. The molecule has 0 spiro atoms. The number of aryl methyl sites for hydroxylation is 2. The molecule has 1 heterocycles. The highest BCUT2D eigenvalue weighted by molar-refractivity contribution is 7.89. The third kappa shape index (κ3) is 5.64. The van der Waals surface area contributed by atoms with Gasteiger partial charge in [-0.25, -0.2) is 13.4 Å². The molecule has 1 aliphatic rings. The molecule has 4 rings (SSSR count). The van der Waals surface area contributed by atoms with E-state index in [1.165, 1.54) is 22.1 Å². The fraction of sp³-hybridized carbons (Fsp3) is 0.481. The number of hydrogen-bond acceptors (Lipinski definition) is 6. The number of sulfonamides is 1. The monoisotopic (exact) mass is 528 g/mol. The summed E-state index contributed by atoms with van der Waals surface area (Å²) in [4.78, 5) is 22.4. The molecule has 0 aliphatic heterocycles. The van der Waals surface area contributed by atoms with Crippen molar-refractivity contribution in [3.8, 4) is 0 Å². The van der Waals surface area contributed by atoms with Crippen LogP contribution in [-0.2, 0) is 10.0 Å². The van der Waals surface area contributed by atoms with Gasteiger partial charge in [0.15, 0.2) is 5.13 Å². The number of carbonyl (C=O) groups excluding carboxylic acids is 1. The number of anilines is 1. The van der Waals surface area contributed by atoms with Gasteiger partial charge in [0.05, 0.1) is 15.1 Å². The summed E-state index contributed by atoms with van der Waals surface area (Å²) in [6.45, 7) is 5.26. The van der Waals surface area contributed by atoms with Crippen molar-refractivity contribution >= 4 is 42.6 Å². The largest absolute Gasteiger partial charge is 0.308 e. The molecule has 3 aromatic rings. The Hall–Kier alpha value is -2.33. The van der Waals surface area contributed by atoms with Crippen molar-refractivity contribution in [2.75, 3.05) is 39.1 Å². The first-order valence-corrected chi connectivity index (χ1v) is 14.8. The first-order chi connectivity index (χ1) is 17.1. The van der Waals surface area contributed by atoms with E-state index in [4.69, 9.17) is 4.98 Å². The first kappa shape index (κ1) is 26.7. The van der Waals surface area contributed by atoms with Crippen molar-refractivity contribution in [2.45, 2.75) is 56.9 Å². The molecular formula is C27H36N4O3S2. The van der Waals surface area contributed by atoms with Crippen LogP contribution < -0.4 is 4.90 Å². The topological polar surface area (TPSA) is 73.8 Å². The van der Waals surface area contributed by atoms with E-state index in [1.54, 1.807) is 36.2 Å².